The first kappa shape index (κ1) is 16.7. The van der Waals surface area contributed by atoms with Crippen LogP contribution in [0.1, 0.15) is 57.9 Å². The van der Waals surface area contributed by atoms with Gasteiger partial charge in [0, 0.05) is 6.42 Å². The highest BCUT2D eigenvalue weighted by Gasteiger charge is 2.09. The molecular weight excluding hydrogens is 248 g/mol. The van der Waals surface area contributed by atoms with E-state index in [2.05, 4.69) is 26.0 Å². The van der Waals surface area contributed by atoms with Crippen LogP contribution < -0.4 is 0 Å². The molecule has 0 aliphatic heterocycles. The average Bonchev–Trinajstić information content (AvgIpc) is 2.48. The fraction of sp³-hybridized carbons (Fsp3) is 0.611. The summed E-state index contributed by atoms with van der Waals surface area (Å²) < 4.78 is 5.39. The van der Waals surface area contributed by atoms with Crippen molar-refractivity contribution >= 4 is 5.97 Å². The SMILES string of the molecule is CCCCC(CC)COC(=O)CCCc1ccccc1. The standard InChI is InChI=1S/C18H28O2/c1-3-5-10-16(4-2)15-20-18(19)14-9-13-17-11-7-6-8-12-17/h6-8,11-12,16H,3-5,9-10,13-15H2,1-2H3. The highest BCUT2D eigenvalue weighted by Crippen LogP contribution is 2.13. The normalized spacial score (nSPS) is 12.1. The molecule has 0 spiro atoms. The van der Waals surface area contributed by atoms with Crippen molar-refractivity contribution in [1.29, 1.82) is 0 Å². The van der Waals surface area contributed by atoms with Crippen LogP contribution in [0.4, 0.5) is 0 Å². The number of carbonyl (C=O) groups excluding carboxylic acids is 1. The minimum Gasteiger partial charge on any atom is -0.465 e. The number of hydrogen-bond acceptors (Lipinski definition) is 2. The van der Waals surface area contributed by atoms with Crippen LogP contribution >= 0.6 is 0 Å². The molecule has 0 aliphatic carbocycles. The zero-order chi connectivity index (χ0) is 14.6. The number of ether oxygens (including phenoxy) is 1. The Morgan fingerprint density at radius 3 is 2.55 bits per heavy atom. The van der Waals surface area contributed by atoms with E-state index < -0.39 is 0 Å². The first-order valence-corrected chi connectivity index (χ1v) is 7.95. The van der Waals surface area contributed by atoms with Gasteiger partial charge in [-0.3, -0.25) is 4.79 Å². The van der Waals surface area contributed by atoms with E-state index in [1.54, 1.807) is 0 Å². The van der Waals surface area contributed by atoms with Crippen LogP contribution in [0.5, 0.6) is 0 Å². The number of benzene rings is 1. The van der Waals surface area contributed by atoms with Crippen molar-refractivity contribution in [3.8, 4) is 0 Å². The van der Waals surface area contributed by atoms with Crippen molar-refractivity contribution in [2.75, 3.05) is 6.61 Å². The maximum absolute atomic E-state index is 11.7. The van der Waals surface area contributed by atoms with Gasteiger partial charge in [-0.15, -0.1) is 0 Å². The predicted molar refractivity (Wildman–Crippen MR) is 83.6 cm³/mol. The van der Waals surface area contributed by atoms with Crippen molar-refractivity contribution in [2.45, 2.75) is 58.8 Å². The average molecular weight is 276 g/mol. The van der Waals surface area contributed by atoms with E-state index in [4.69, 9.17) is 4.74 Å². The van der Waals surface area contributed by atoms with Crippen LogP contribution in [0.2, 0.25) is 0 Å². The van der Waals surface area contributed by atoms with Crippen LogP contribution in [0.25, 0.3) is 0 Å². The molecular formula is C18H28O2. The molecule has 0 aliphatic rings. The molecule has 2 nitrogen and oxygen atoms in total. The lowest BCUT2D eigenvalue weighted by molar-refractivity contribution is -0.145. The van der Waals surface area contributed by atoms with E-state index in [-0.39, 0.29) is 5.97 Å². The first-order valence-electron chi connectivity index (χ1n) is 7.95. The second kappa shape index (κ2) is 10.5. The van der Waals surface area contributed by atoms with Crippen LogP contribution in [0.3, 0.4) is 0 Å². The maximum Gasteiger partial charge on any atom is 0.305 e. The highest BCUT2D eigenvalue weighted by atomic mass is 16.5. The molecule has 1 aromatic rings. The third-order valence-electron chi connectivity index (χ3n) is 3.71. The zero-order valence-corrected chi connectivity index (χ0v) is 12.9. The van der Waals surface area contributed by atoms with E-state index >= 15 is 0 Å². The molecule has 20 heavy (non-hydrogen) atoms. The Morgan fingerprint density at radius 2 is 1.90 bits per heavy atom. The van der Waals surface area contributed by atoms with Gasteiger partial charge in [-0.1, -0.05) is 63.4 Å². The summed E-state index contributed by atoms with van der Waals surface area (Å²) in [6.45, 7) is 4.96. The summed E-state index contributed by atoms with van der Waals surface area (Å²) in [6.07, 6.45) is 7.05. The van der Waals surface area contributed by atoms with Gasteiger partial charge >= 0.3 is 5.97 Å². The van der Waals surface area contributed by atoms with Gasteiger partial charge < -0.3 is 4.74 Å². The van der Waals surface area contributed by atoms with E-state index in [0.717, 1.165) is 19.3 Å². The van der Waals surface area contributed by atoms with Gasteiger partial charge in [-0.2, -0.15) is 0 Å². The second-order valence-electron chi connectivity index (χ2n) is 5.44. The van der Waals surface area contributed by atoms with E-state index in [9.17, 15) is 4.79 Å². The first-order chi connectivity index (χ1) is 9.76. The van der Waals surface area contributed by atoms with Crippen LogP contribution in [-0.4, -0.2) is 12.6 Å². The molecule has 1 unspecified atom stereocenters. The number of carbonyl (C=O) groups is 1. The predicted octanol–water partition coefficient (Wildman–Crippen LogP) is 4.77. The lowest BCUT2D eigenvalue weighted by atomic mass is 10.0. The molecule has 0 saturated heterocycles. The quantitative estimate of drug-likeness (QED) is 0.575. The molecule has 1 aromatic carbocycles. The van der Waals surface area contributed by atoms with Gasteiger partial charge in [-0.05, 0) is 30.7 Å². The Morgan fingerprint density at radius 1 is 1.15 bits per heavy atom. The summed E-state index contributed by atoms with van der Waals surface area (Å²) >= 11 is 0. The molecule has 0 saturated carbocycles. The van der Waals surface area contributed by atoms with Gasteiger partial charge in [0.05, 0.1) is 6.61 Å². The highest BCUT2D eigenvalue weighted by molar-refractivity contribution is 5.69. The molecule has 0 N–H and O–H groups in total. The minimum atomic E-state index is -0.0455. The van der Waals surface area contributed by atoms with Gasteiger partial charge in [0.15, 0.2) is 0 Å². The summed E-state index contributed by atoms with van der Waals surface area (Å²) in [5.41, 5.74) is 1.29. The molecule has 1 atom stereocenters. The molecule has 1 rings (SSSR count). The number of rotatable bonds is 10. The number of esters is 1. The Balaban J connectivity index is 2.13. The lowest BCUT2D eigenvalue weighted by Gasteiger charge is -2.14. The summed E-state index contributed by atoms with van der Waals surface area (Å²) in [7, 11) is 0. The molecule has 0 radical (unpaired) electrons. The summed E-state index contributed by atoms with van der Waals surface area (Å²) in [6, 6.07) is 10.3. The third kappa shape index (κ3) is 7.32. The van der Waals surface area contributed by atoms with Gasteiger partial charge in [0.1, 0.15) is 0 Å². The van der Waals surface area contributed by atoms with E-state index in [0.29, 0.717) is 18.9 Å². The molecule has 0 amide bonds. The Labute approximate surface area is 123 Å². The topological polar surface area (TPSA) is 26.3 Å². The molecule has 112 valence electrons. The van der Waals surface area contributed by atoms with Gasteiger partial charge in [0.25, 0.3) is 0 Å². The monoisotopic (exact) mass is 276 g/mol. The fourth-order valence-electron chi connectivity index (χ4n) is 2.26. The molecule has 0 bridgehead atoms. The lowest BCUT2D eigenvalue weighted by Crippen LogP contribution is -2.13. The Bertz CT molecular complexity index is 359. The van der Waals surface area contributed by atoms with Crippen LogP contribution in [0.15, 0.2) is 30.3 Å². The number of unbranched alkanes of at least 4 members (excludes halogenated alkanes) is 1. The number of hydrogen-bond donors (Lipinski definition) is 0. The zero-order valence-electron chi connectivity index (χ0n) is 12.9. The van der Waals surface area contributed by atoms with Crippen molar-refractivity contribution in [2.24, 2.45) is 5.92 Å². The van der Waals surface area contributed by atoms with E-state index in [1.165, 1.54) is 24.8 Å². The minimum absolute atomic E-state index is 0.0455. The van der Waals surface area contributed by atoms with Crippen molar-refractivity contribution < 1.29 is 9.53 Å². The van der Waals surface area contributed by atoms with Crippen LogP contribution in [-0.2, 0) is 16.0 Å². The molecule has 2 heteroatoms. The summed E-state index contributed by atoms with van der Waals surface area (Å²) in [4.78, 5) is 11.7. The third-order valence-corrected chi connectivity index (χ3v) is 3.71. The Hall–Kier alpha value is -1.31. The largest absolute Gasteiger partial charge is 0.465 e. The van der Waals surface area contributed by atoms with Gasteiger partial charge in [0.2, 0.25) is 0 Å². The van der Waals surface area contributed by atoms with Gasteiger partial charge in [-0.25, -0.2) is 0 Å². The van der Waals surface area contributed by atoms with Crippen LogP contribution in [0, 0.1) is 5.92 Å². The van der Waals surface area contributed by atoms with E-state index in [1.807, 2.05) is 18.2 Å². The molecule has 0 heterocycles. The fourth-order valence-corrected chi connectivity index (χ4v) is 2.26. The van der Waals surface area contributed by atoms with Crippen molar-refractivity contribution in [1.82, 2.24) is 0 Å². The second-order valence-corrected chi connectivity index (χ2v) is 5.44. The maximum atomic E-state index is 11.7. The molecule has 0 fully saturated rings. The summed E-state index contributed by atoms with van der Waals surface area (Å²) in [5, 5.41) is 0. The summed E-state index contributed by atoms with van der Waals surface area (Å²) in [5.74, 6) is 0.490. The Kier molecular flexibility index (Phi) is 8.77. The molecule has 0 aromatic heterocycles. The smallest absolute Gasteiger partial charge is 0.305 e. The van der Waals surface area contributed by atoms with Crippen molar-refractivity contribution in [3.63, 3.8) is 0 Å². The van der Waals surface area contributed by atoms with Crippen molar-refractivity contribution in [3.05, 3.63) is 35.9 Å². The number of aryl methyl sites for hydroxylation is 1.